The van der Waals surface area contributed by atoms with Crippen molar-refractivity contribution in [1.29, 1.82) is 0 Å². The van der Waals surface area contributed by atoms with Crippen molar-refractivity contribution in [2.45, 2.75) is 32.6 Å². The van der Waals surface area contributed by atoms with Crippen molar-refractivity contribution in [2.24, 2.45) is 0 Å². The van der Waals surface area contributed by atoms with Crippen LogP contribution in [0, 0.1) is 0 Å². The van der Waals surface area contributed by atoms with Crippen LogP contribution in [0.25, 0.3) is 5.57 Å². The number of amides is 1. The molecule has 0 saturated carbocycles. The maximum atomic E-state index is 12.8. The third kappa shape index (κ3) is 3.58. The summed E-state index contributed by atoms with van der Waals surface area (Å²) in [6.45, 7) is 4.19. The van der Waals surface area contributed by atoms with Crippen LogP contribution in [0.5, 0.6) is 0 Å². The zero-order chi connectivity index (χ0) is 18.8. The molecule has 0 saturated heterocycles. The highest BCUT2D eigenvalue weighted by atomic mass is 79.9. The zero-order valence-corrected chi connectivity index (χ0v) is 16.3. The van der Waals surface area contributed by atoms with E-state index in [0.717, 1.165) is 15.6 Å². The SMILES string of the molecule is CC(C)c1cccc2c1CCC(C(=O)Nc1ccc(Br)cc1)=C2C(=O)O. The summed E-state index contributed by atoms with van der Waals surface area (Å²) in [5.41, 5.74) is 3.93. The van der Waals surface area contributed by atoms with Crippen LogP contribution in [0.1, 0.15) is 42.9 Å². The number of carbonyl (C=O) groups is 2. The number of carbonyl (C=O) groups excluding carboxylic acids is 1. The van der Waals surface area contributed by atoms with E-state index >= 15 is 0 Å². The van der Waals surface area contributed by atoms with E-state index in [9.17, 15) is 14.7 Å². The number of rotatable bonds is 4. The van der Waals surface area contributed by atoms with Crippen molar-refractivity contribution in [3.8, 4) is 0 Å². The van der Waals surface area contributed by atoms with Gasteiger partial charge in [-0.2, -0.15) is 0 Å². The Labute approximate surface area is 161 Å². The lowest BCUT2D eigenvalue weighted by molar-refractivity contribution is -0.130. The number of aliphatic carboxylic acids is 1. The van der Waals surface area contributed by atoms with E-state index < -0.39 is 5.97 Å². The van der Waals surface area contributed by atoms with Crippen LogP contribution in [0.15, 0.2) is 52.5 Å². The number of halogens is 1. The maximum Gasteiger partial charge on any atom is 0.336 e. The summed E-state index contributed by atoms with van der Waals surface area (Å²) in [7, 11) is 0. The lowest BCUT2D eigenvalue weighted by Crippen LogP contribution is -2.23. The van der Waals surface area contributed by atoms with Crippen LogP contribution in [0.3, 0.4) is 0 Å². The number of anilines is 1. The maximum absolute atomic E-state index is 12.8. The number of hydrogen-bond acceptors (Lipinski definition) is 2. The first kappa shape index (κ1) is 18.4. The van der Waals surface area contributed by atoms with E-state index in [0.29, 0.717) is 35.6 Å². The number of carboxylic acid groups (broad SMARTS) is 1. The van der Waals surface area contributed by atoms with Gasteiger partial charge < -0.3 is 10.4 Å². The molecule has 0 aliphatic heterocycles. The van der Waals surface area contributed by atoms with Gasteiger partial charge >= 0.3 is 5.97 Å². The third-order valence-corrected chi connectivity index (χ3v) is 5.15. The summed E-state index contributed by atoms with van der Waals surface area (Å²) in [4.78, 5) is 24.7. The van der Waals surface area contributed by atoms with E-state index in [1.807, 2.05) is 24.3 Å². The summed E-state index contributed by atoms with van der Waals surface area (Å²) in [5, 5.41) is 12.6. The molecule has 1 aliphatic rings. The van der Waals surface area contributed by atoms with Gasteiger partial charge in [-0.25, -0.2) is 4.79 Å². The van der Waals surface area contributed by atoms with Crippen LogP contribution in [0.2, 0.25) is 0 Å². The predicted molar refractivity (Wildman–Crippen MR) is 106 cm³/mol. The molecule has 5 heteroatoms. The van der Waals surface area contributed by atoms with E-state index in [1.165, 1.54) is 0 Å². The summed E-state index contributed by atoms with van der Waals surface area (Å²) in [6.07, 6.45) is 1.09. The van der Waals surface area contributed by atoms with E-state index in [4.69, 9.17) is 0 Å². The molecule has 0 bridgehead atoms. The van der Waals surface area contributed by atoms with Crippen LogP contribution in [-0.4, -0.2) is 17.0 Å². The van der Waals surface area contributed by atoms with E-state index in [2.05, 4.69) is 35.1 Å². The van der Waals surface area contributed by atoms with Crippen molar-refractivity contribution in [3.05, 3.63) is 69.2 Å². The number of carboxylic acids is 1. The molecule has 0 aromatic heterocycles. The monoisotopic (exact) mass is 413 g/mol. The van der Waals surface area contributed by atoms with Crippen LogP contribution < -0.4 is 5.32 Å². The molecule has 1 amide bonds. The van der Waals surface area contributed by atoms with Gasteiger partial charge in [0.2, 0.25) is 0 Å². The molecule has 134 valence electrons. The van der Waals surface area contributed by atoms with Gasteiger partial charge in [0.05, 0.1) is 5.57 Å². The molecule has 0 fully saturated rings. The molecular formula is C21H20BrNO3. The molecule has 26 heavy (non-hydrogen) atoms. The Morgan fingerprint density at radius 3 is 2.38 bits per heavy atom. The predicted octanol–water partition coefficient (Wildman–Crippen LogP) is 5.00. The molecule has 0 radical (unpaired) electrons. The Hall–Kier alpha value is -2.40. The Morgan fingerprint density at radius 1 is 1.08 bits per heavy atom. The van der Waals surface area contributed by atoms with Gasteiger partial charge in [0.15, 0.2) is 0 Å². The van der Waals surface area contributed by atoms with Crippen molar-refractivity contribution < 1.29 is 14.7 Å². The van der Waals surface area contributed by atoms with E-state index in [1.54, 1.807) is 18.2 Å². The highest BCUT2D eigenvalue weighted by Crippen LogP contribution is 2.36. The number of benzene rings is 2. The van der Waals surface area contributed by atoms with Gasteiger partial charge in [-0.1, -0.05) is 48.0 Å². The molecule has 3 rings (SSSR count). The molecule has 0 atom stereocenters. The van der Waals surface area contributed by atoms with Gasteiger partial charge in [-0.05, 0) is 59.7 Å². The van der Waals surface area contributed by atoms with Gasteiger partial charge in [-0.15, -0.1) is 0 Å². The standard InChI is InChI=1S/C21H20BrNO3/c1-12(2)15-4-3-5-17-16(15)10-11-18(19(17)21(25)26)20(24)23-14-8-6-13(22)7-9-14/h3-9,12H,10-11H2,1-2H3,(H,23,24)(H,25,26). The summed E-state index contributed by atoms with van der Waals surface area (Å²) in [5.74, 6) is -1.11. The lowest BCUT2D eigenvalue weighted by atomic mass is 9.80. The molecular weight excluding hydrogens is 394 g/mol. The quantitative estimate of drug-likeness (QED) is 0.741. The second-order valence-electron chi connectivity index (χ2n) is 6.65. The minimum Gasteiger partial charge on any atom is -0.478 e. The van der Waals surface area contributed by atoms with Crippen LogP contribution in [-0.2, 0) is 16.0 Å². The van der Waals surface area contributed by atoms with Gasteiger partial charge in [-0.3, -0.25) is 4.79 Å². The number of hydrogen-bond donors (Lipinski definition) is 2. The Kier molecular flexibility index (Phi) is 5.28. The fourth-order valence-electron chi connectivity index (χ4n) is 3.41. The highest BCUT2D eigenvalue weighted by molar-refractivity contribution is 9.10. The molecule has 2 aromatic carbocycles. The van der Waals surface area contributed by atoms with Gasteiger partial charge in [0.25, 0.3) is 5.91 Å². The molecule has 0 unspecified atom stereocenters. The fraction of sp³-hybridized carbons (Fsp3) is 0.238. The lowest BCUT2D eigenvalue weighted by Gasteiger charge is -2.24. The average Bonchev–Trinajstić information content (AvgIpc) is 2.61. The fourth-order valence-corrected chi connectivity index (χ4v) is 3.67. The van der Waals surface area contributed by atoms with Crippen LogP contribution in [0.4, 0.5) is 5.69 Å². The Balaban J connectivity index is 2.03. The molecule has 4 nitrogen and oxygen atoms in total. The van der Waals surface area contributed by atoms with Crippen molar-refractivity contribution in [1.82, 2.24) is 0 Å². The first-order chi connectivity index (χ1) is 12.4. The van der Waals surface area contributed by atoms with Gasteiger partial charge in [0, 0.05) is 15.7 Å². The number of fused-ring (bicyclic) bond motifs is 1. The smallest absolute Gasteiger partial charge is 0.336 e. The Morgan fingerprint density at radius 2 is 1.77 bits per heavy atom. The highest BCUT2D eigenvalue weighted by Gasteiger charge is 2.29. The molecule has 2 N–H and O–H groups in total. The summed E-state index contributed by atoms with van der Waals surface area (Å²) >= 11 is 3.35. The Bertz CT molecular complexity index is 898. The van der Waals surface area contributed by atoms with Crippen LogP contribution >= 0.6 is 15.9 Å². The number of nitrogens with one attached hydrogen (secondary N) is 1. The summed E-state index contributed by atoms with van der Waals surface area (Å²) in [6, 6.07) is 12.9. The van der Waals surface area contributed by atoms with Crippen molar-refractivity contribution in [3.63, 3.8) is 0 Å². The van der Waals surface area contributed by atoms with Gasteiger partial charge in [0.1, 0.15) is 0 Å². The first-order valence-electron chi connectivity index (χ1n) is 8.54. The molecule has 2 aromatic rings. The van der Waals surface area contributed by atoms with E-state index in [-0.39, 0.29) is 11.5 Å². The minimum absolute atomic E-state index is 0.114. The second kappa shape index (κ2) is 7.46. The largest absolute Gasteiger partial charge is 0.478 e. The van der Waals surface area contributed by atoms with Crippen molar-refractivity contribution in [2.75, 3.05) is 5.32 Å². The normalized spacial score (nSPS) is 13.5. The molecule has 1 aliphatic carbocycles. The first-order valence-corrected chi connectivity index (χ1v) is 9.33. The summed E-state index contributed by atoms with van der Waals surface area (Å²) < 4.78 is 0.911. The molecule has 0 spiro atoms. The molecule has 0 heterocycles. The second-order valence-corrected chi connectivity index (χ2v) is 7.56. The third-order valence-electron chi connectivity index (χ3n) is 4.62. The topological polar surface area (TPSA) is 66.4 Å². The van der Waals surface area contributed by atoms with Crippen molar-refractivity contribution >= 4 is 39.1 Å². The minimum atomic E-state index is -1.06. The zero-order valence-electron chi connectivity index (χ0n) is 14.7. The average molecular weight is 414 g/mol.